The second-order valence-electron chi connectivity index (χ2n) is 3.85. The van der Waals surface area contributed by atoms with Gasteiger partial charge in [0.2, 0.25) is 0 Å². The maximum atomic E-state index is 11.8. The molecule has 1 aliphatic heterocycles. The van der Waals surface area contributed by atoms with Crippen LogP contribution >= 0.6 is 12.2 Å². The summed E-state index contributed by atoms with van der Waals surface area (Å²) in [7, 11) is 1.65. The lowest BCUT2D eigenvalue weighted by atomic mass is 10.2. The fourth-order valence-corrected chi connectivity index (χ4v) is 1.81. The predicted molar refractivity (Wildman–Crippen MR) is 74.1 cm³/mol. The van der Waals surface area contributed by atoms with E-state index in [4.69, 9.17) is 17.0 Å². The highest BCUT2D eigenvalue weighted by molar-refractivity contribution is 7.80. The van der Waals surface area contributed by atoms with E-state index in [1.165, 1.54) is 4.90 Å². The fourth-order valence-electron chi connectivity index (χ4n) is 1.62. The van der Waals surface area contributed by atoms with Crippen molar-refractivity contribution in [3.63, 3.8) is 0 Å². The van der Waals surface area contributed by atoms with E-state index in [2.05, 4.69) is 5.32 Å². The van der Waals surface area contributed by atoms with E-state index in [1.54, 1.807) is 13.1 Å². The van der Waals surface area contributed by atoms with Gasteiger partial charge in [-0.1, -0.05) is 12.1 Å². The van der Waals surface area contributed by atoms with Gasteiger partial charge >= 0.3 is 0 Å². The summed E-state index contributed by atoms with van der Waals surface area (Å²) in [5, 5.41) is 3.31. The Morgan fingerprint density at radius 2 is 2.06 bits per heavy atom. The molecule has 94 valence electrons. The molecule has 0 aromatic heterocycles. The average molecular weight is 262 g/mol. The summed E-state index contributed by atoms with van der Waals surface area (Å²) >= 11 is 5.00. The van der Waals surface area contributed by atoms with Gasteiger partial charge in [-0.15, -0.1) is 0 Å². The number of benzene rings is 1. The number of ether oxygens (including phenoxy) is 1. The van der Waals surface area contributed by atoms with Crippen LogP contribution in [0.2, 0.25) is 0 Å². The minimum Gasteiger partial charge on any atom is -0.494 e. The molecule has 18 heavy (non-hydrogen) atoms. The minimum absolute atomic E-state index is 0.117. The Labute approximate surface area is 111 Å². The molecule has 0 spiro atoms. The molecule has 1 N–H and O–H groups in total. The van der Waals surface area contributed by atoms with Crippen molar-refractivity contribution < 1.29 is 9.53 Å². The first-order valence-corrected chi connectivity index (χ1v) is 6.06. The molecule has 0 radical (unpaired) electrons. The van der Waals surface area contributed by atoms with Crippen molar-refractivity contribution in [2.24, 2.45) is 0 Å². The second-order valence-corrected chi connectivity index (χ2v) is 4.24. The first-order chi connectivity index (χ1) is 8.61. The maximum absolute atomic E-state index is 11.8. The Bertz CT molecular complexity index is 508. The van der Waals surface area contributed by atoms with E-state index in [0.29, 0.717) is 17.4 Å². The quantitative estimate of drug-likeness (QED) is 0.666. The third-order valence-electron chi connectivity index (χ3n) is 2.58. The number of carbonyl (C=O) groups excluding carboxylic acids is 1. The van der Waals surface area contributed by atoms with Gasteiger partial charge in [0, 0.05) is 7.05 Å². The SMILES string of the molecule is CCOc1ccc(/C=C2/NC(=S)N(C)C2=O)cc1. The molecule has 0 unspecified atom stereocenters. The number of nitrogens with zero attached hydrogens (tertiary/aromatic N) is 1. The van der Waals surface area contributed by atoms with Gasteiger partial charge < -0.3 is 10.1 Å². The Morgan fingerprint density at radius 1 is 1.39 bits per heavy atom. The normalized spacial score (nSPS) is 17.2. The van der Waals surface area contributed by atoms with Crippen molar-refractivity contribution in [3.8, 4) is 5.75 Å². The fraction of sp³-hybridized carbons (Fsp3) is 0.231. The van der Waals surface area contributed by atoms with Crippen LogP contribution in [0.15, 0.2) is 30.0 Å². The largest absolute Gasteiger partial charge is 0.494 e. The third kappa shape index (κ3) is 2.51. The molecule has 1 aromatic rings. The molecule has 1 amide bonds. The molecule has 1 aromatic carbocycles. The second kappa shape index (κ2) is 5.18. The minimum atomic E-state index is -0.117. The number of amides is 1. The van der Waals surface area contributed by atoms with Crippen molar-refractivity contribution in [2.45, 2.75) is 6.92 Å². The lowest BCUT2D eigenvalue weighted by Crippen LogP contribution is -2.25. The van der Waals surface area contributed by atoms with Crippen LogP contribution < -0.4 is 10.1 Å². The Balaban J connectivity index is 2.18. The summed E-state index contributed by atoms with van der Waals surface area (Å²) in [4.78, 5) is 13.2. The van der Waals surface area contributed by atoms with Gasteiger partial charge in [0.05, 0.1) is 6.61 Å². The first kappa shape index (κ1) is 12.6. The van der Waals surface area contributed by atoms with Gasteiger partial charge in [-0.05, 0) is 42.9 Å². The molecule has 0 aliphatic carbocycles. The third-order valence-corrected chi connectivity index (χ3v) is 2.96. The standard InChI is InChI=1S/C13H14N2O2S/c1-3-17-10-6-4-9(5-7-10)8-11-12(16)15(2)13(18)14-11/h4-8H,3H2,1-2H3,(H,14,18)/b11-8+. The summed E-state index contributed by atoms with van der Waals surface area (Å²) in [6.45, 7) is 2.58. The van der Waals surface area contributed by atoms with E-state index < -0.39 is 0 Å². The molecule has 1 saturated heterocycles. The van der Waals surface area contributed by atoms with Gasteiger partial charge in [-0.2, -0.15) is 0 Å². The monoisotopic (exact) mass is 262 g/mol. The number of carbonyl (C=O) groups is 1. The molecular formula is C13H14N2O2S. The Kier molecular flexibility index (Phi) is 3.62. The summed E-state index contributed by atoms with van der Waals surface area (Å²) in [6, 6.07) is 7.54. The first-order valence-electron chi connectivity index (χ1n) is 5.65. The van der Waals surface area contributed by atoms with Crippen LogP contribution in [0.4, 0.5) is 0 Å². The molecule has 1 heterocycles. The van der Waals surface area contributed by atoms with E-state index >= 15 is 0 Å². The lowest BCUT2D eigenvalue weighted by molar-refractivity contribution is -0.121. The van der Waals surface area contributed by atoms with Crippen LogP contribution in [0, 0.1) is 0 Å². The molecule has 0 atom stereocenters. The molecule has 0 bridgehead atoms. The zero-order valence-electron chi connectivity index (χ0n) is 10.3. The number of hydrogen-bond acceptors (Lipinski definition) is 3. The Morgan fingerprint density at radius 3 is 2.56 bits per heavy atom. The number of likely N-dealkylation sites (N-methyl/N-ethyl adjacent to an activating group) is 1. The van der Waals surface area contributed by atoms with E-state index in [9.17, 15) is 4.79 Å². The van der Waals surface area contributed by atoms with Gasteiger partial charge in [0.1, 0.15) is 11.4 Å². The van der Waals surface area contributed by atoms with Gasteiger partial charge in [0.15, 0.2) is 5.11 Å². The molecule has 0 saturated carbocycles. The summed E-state index contributed by atoms with van der Waals surface area (Å²) in [6.07, 6.45) is 1.77. The van der Waals surface area contributed by atoms with Crippen LogP contribution in [0.25, 0.3) is 6.08 Å². The summed E-state index contributed by atoms with van der Waals surface area (Å²) in [5.74, 6) is 0.701. The van der Waals surface area contributed by atoms with Crippen LogP contribution in [0.1, 0.15) is 12.5 Å². The van der Waals surface area contributed by atoms with Gasteiger partial charge in [-0.3, -0.25) is 9.69 Å². The molecule has 5 heteroatoms. The average Bonchev–Trinajstić information content (AvgIpc) is 2.60. The zero-order valence-corrected chi connectivity index (χ0v) is 11.1. The van der Waals surface area contributed by atoms with E-state index in [0.717, 1.165) is 11.3 Å². The van der Waals surface area contributed by atoms with E-state index in [-0.39, 0.29) is 5.91 Å². The summed E-state index contributed by atoms with van der Waals surface area (Å²) in [5.41, 5.74) is 1.42. The van der Waals surface area contributed by atoms with Gasteiger partial charge in [0.25, 0.3) is 5.91 Å². The van der Waals surface area contributed by atoms with Crippen LogP contribution in [0.5, 0.6) is 5.75 Å². The number of rotatable bonds is 3. The molecule has 1 aliphatic rings. The number of thiocarbonyl (C=S) groups is 1. The van der Waals surface area contributed by atoms with Crippen molar-refractivity contribution >= 4 is 29.3 Å². The highest BCUT2D eigenvalue weighted by atomic mass is 32.1. The number of nitrogens with one attached hydrogen (secondary N) is 1. The maximum Gasteiger partial charge on any atom is 0.276 e. The smallest absolute Gasteiger partial charge is 0.276 e. The number of hydrogen-bond donors (Lipinski definition) is 1. The summed E-state index contributed by atoms with van der Waals surface area (Å²) < 4.78 is 5.35. The predicted octanol–water partition coefficient (Wildman–Crippen LogP) is 1.77. The highest BCUT2D eigenvalue weighted by Gasteiger charge is 2.26. The van der Waals surface area contributed by atoms with Gasteiger partial charge in [-0.25, -0.2) is 0 Å². The van der Waals surface area contributed by atoms with Crippen LogP contribution in [-0.2, 0) is 4.79 Å². The molecule has 2 rings (SSSR count). The molecule has 4 nitrogen and oxygen atoms in total. The molecule has 1 fully saturated rings. The van der Waals surface area contributed by atoms with Crippen molar-refractivity contribution in [1.29, 1.82) is 0 Å². The highest BCUT2D eigenvalue weighted by Crippen LogP contribution is 2.16. The zero-order chi connectivity index (χ0) is 13.1. The van der Waals surface area contributed by atoms with Crippen molar-refractivity contribution in [1.82, 2.24) is 10.2 Å². The van der Waals surface area contributed by atoms with E-state index in [1.807, 2.05) is 31.2 Å². The van der Waals surface area contributed by atoms with Crippen molar-refractivity contribution in [2.75, 3.05) is 13.7 Å². The molecular weight excluding hydrogens is 248 g/mol. The Hall–Kier alpha value is -1.88. The van der Waals surface area contributed by atoms with Crippen LogP contribution in [0.3, 0.4) is 0 Å². The van der Waals surface area contributed by atoms with Crippen LogP contribution in [-0.4, -0.2) is 29.6 Å². The van der Waals surface area contributed by atoms with Crippen molar-refractivity contribution in [3.05, 3.63) is 35.5 Å². The topological polar surface area (TPSA) is 41.6 Å². The lowest BCUT2D eigenvalue weighted by Gasteiger charge is -2.03.